The number of amides is 1. The maximum Gasteiger partial charge on any atom is 0.416 e. The second kappa shape index (κ2) is 10.7. The highest BCUT2D eigenvalue weighted by Crippen LogP contribution is 2.37. The number of hydrogen-bond donors (Lipinski definition) is 1. The van der Waals surface area contributed by atoms with Crippen molar-refractivity contribution in [3.05, 3.63) is 83.4 Å². The summed E-state index contributed by atoms with van der Waals surface area (Å²) in [6, 6.07) is 17.9. The Kier molecular flexibility index (Phi) is 7.69. The van der Waals surface area contributed by atoms with Crippen LogP contribution in [-0.4, -0.2) is 37.0 Å². The molecule has 1 N–H and O–H groups in total. The molecule has 3 aromatic rings. The van der Waals surface area contributed by atoms with E-state index in [1.807, 2.05) is 18.2 Å². The predicted octanol–water partition coefficient (Wildman–Crippen LogP) is 7.22. The monoisotopic (exact) mass is 496 g/mol. The van der Waals surface area contributed by atoms with Crippen LogP contribution in [0.5, 0.6) is 5.75 Å². The lowest BCUT2D eigenvalue weighted by atomic mass is 9.88. The molecule has 1 saturated heterocycles. The van der Waals surface area contributed by atoms with Crippen molar-refractivity contribution in [3.63, 3.8) is 0 Å². The summed E-state index contributed by atoms with van der Waals surface area (Å²) < 4.78 is 44.7. The van der Waals surface area contributed by atoms with Crippen LogP contribution in [0.3, 0.4) is 0 Å². The number of halogens is 3. The molecule has 0 unspecified atom stereocenters. The van der Waals surface area contributed by atoms with Crippen LogP contribution in [0.15, 0.2) is 66.7 Å². The Hall–Kier alpha value is -3.32. The van der Waals surface area contributed by atoms with Gasteiger partial charge in [-0.25, -0.2) is 0 Å². The van der Waals surface area contributed by atoms with Gasteiger partial charge in [-0.15, -0.1) is 0 Å². The van der Waals surface area contributed by atoms with E-state index in [0.29, 0.717) is 34.3 Å². The van der Waals surface area contributed by atoms with Crippen molar-refractivity contribution in [1.29, 1.82) is 0 Å². The molecule has 1 amide bonds. The number of methoxy groups -OCH3 is 1. The largest absolute Gasteiger partial charge is 0.496 e. The van der Waals surface area contributed by atoms with Gasteiger partial charge < -0.3 is 15.0 Å². The van der Waals surface area contributed by atoms with Crippen LogP contribution in [0.1, 0.15) is 54.1 Å². The second-order valence-corrected chi connectivity index (χ2v) is 9.47. The second-order valence-electron chi connectivity index (χ2n) is 9.47. The quantitative estimate of drug-likeness (QED) is 0.392. The van der Waals surface area contributed by atoms with Crippen molar-refractivity contribution in [2.75, 3.05) is 25.5 Å². The molecule has 1 heterocycles. The third-order valence-electron chi connectivity index (χ3n) is 6.86. The molecule has 1 aliphatic heterocycles. The molecule has 7 heteroatoms. The molecule has 1 aliphatic rings. The normalized spacial score (nSPS) is 15.2. The summed E-state index contributed by atoms with van der Waals surface area (Å²) in [5, 5.41) is 2.95. The van der Waals surface area contributed by atoms with Crippen molar-refractivity contribution in [1.82, 2.24) is 4.90 Å². The van der Waals surface area contributed by atoms with E-state index in [1.54, 1.807) is 37.4 Å². The smallest absolute Gasteiger partial charge is 0.416 e. The Morgan fingerprint density at radius 1 is 0.972 bits per heavy atom. The molecule has 0 aromatic heterocycles. The van der Waals surface area contributed by atoms with E-state index >= 15 is 0 Å². The Bertz CT molecular complexity index is 1200. The van der Waals surface area contributed by atoms with Crippen LogP contribution in [0, 0.1) is 0 Å². The zero-order valence-corrected chi connectivity index (χ0v) is 20.7. The minimum absolute atomic E-state index is 0.281. The van der Waals surface area contributed by atoms with Crippen molar-refractivity contribution in [2.45, 2.75) is 44.8 Å². The van der Waals surface area contributed by atoms with E-state index < -0.39 is 11.7 Å². The van der Waals surface area contributed by atoms with Gasteiger partial charge in [0, 0.05) is 17.3 Å². The molecule has 0 atom stereocenters. The lowest BCUT2D eigenvalue weighted by Crippen LogP contribution is -2.37. The van der Waals surface area contributed by atoms with Gasteiger partial charge in [0.05, 0.1) is 12.7 Å². The van der Waals surface area contributed by atoms with Crippen LogP contribution in [-0.2, 0) is 6.18 Å². The van der Waals surface area contributed by atoms with Gasteiger partial charge >= 0.3 is 6.18 Å². The van der Waals surface area contributed by atoms with E-state index in [1.165, 1.54) is 6.07 Å². The number of rotatable bonds is 6. The number of nitrogens with zero attached hydrogens (tertiary/aromatic N) is 1. The lowest BCUT2D eigenvalue weighted by Gasteiger charge is -2.35. The molecule has 4 rings (SSSR count). The molecule has 0 radical (unpaired) electrons. The number of hydrogen-bond acceptors (Lipinski definition) is 3. The number of nitrogens with one attached hydrogen (secondary N) is 1. The molecular weight excluding hydrogens is 465 g/mol. The van der Waals surface area contributed by atoms with Crippen LogP contribution >= 0.6 is 0 Å². The molecule has 0 spiro atoms. The molecule has 0 bridgehead atoms. The Morgan fingerprint density at radius 2 is 1.67 bits per heavy atom. The van der Waals surface area contributed by atoms with Crippen molar-refractivity contribution >= 4 is 11.6 Å². The third kappa shape index (κ3) is 5.90. The first-order chi connectivity index (χ1) is 17.2. The zero-order valence-electron chi connectivity index (χ0n) is 20.7. The van der Waals surface area contributed by atoms with Gasteiger partial charge in [-0.2, -0.15) is 13.2 Å². The first kappa shape index (κ1) is 25.8. The van der Waals surface area contributed by atoms with Gasteiger partial charge in [0.15, 0.2) is 0 Å². The Labute approximate surface area is 210 Å². The summed E-state index contributed by atoms with van der Waals surface area (Å²) in [7, 11) is 1.66. The van der Waals surface area contributed by atoms with E-state index in [0.717, 1.165) is 49.4 Å². The fraction of sp³-hybridized carbons (Fsp3) is 0.345. The first-order valence-electron chi connectivity index (χ1n) is 12.2. The number of carbonyl (C=O) groups is 1. The maximum absolute atomic E-state index is 13.0. The zero-order chi connectivity index (χ0) is 25.9. The average Bonchev–Trinajstić information content (AvgIpc) is 2.88. The fourth-order valence-corrected chi connectivity index (χ4v) is 4.75. The van der Waals surface area contributed by atoms with Gasteiger partial charge in [0.2, 0.25) is 0 Å². The maximum atomic E-state index is 13.0. The van der Waals surface area contributed by atoms with Gasteiger partial charge in [-0.1, -0.05) is 24.3 Å². The van der Waals surface area contributed by atoms with Crippen molar-refractivity contribution < 1.29 is 22.7 Å². The summed E-state index contributed by atoms with van der Waals surface area (Å²) in [6.07, 6.45) is -2.34. The molecule has 3 aromatic carbocycles. The number of ether oxygens (including phenoxy) is 1. The number of piperidine rings is 1. The minimum Gasteiger partial charge on any atom is -0.496 e. The van der Waals surface area contributed by atoms with E-state index in [9.17, 15) is 18.0 Å². The number of benzene rings is 3. The highest BCUT2D eigenvalue weighted by atomic mass is 19.4. The van der Waals surface area contributed by atoms with Gasteiger partial charge in [0.25, 0.3) is 5.91 Å². The van der Waals surface area contributed by atoms with Crippen LogP contribution < -0.4 is 10.1 Å². The lowest BCUT2D eigenvalue weighted by molar-refractivity contribution is -0.137. The first-order valence-corrected chi connectivity index (χ1v) is 12.2. The number of carbonyl (C=O) groups excluding carboxylic acids is 1. The summed E-state index contributed by atoms with van der Waals surface area (Å²) in [4.78, 5) is 15.4. The number of alkyl halides is 3. The van der Waals surface area contributed by atoms with Gasteiger partial charge in [-0.3, -0.25) is 4.79 Å². The number of likely N-dealkylation sites (tertiary alicyclic amines) is 1. The van der Waals surface area contributed by atoms with Crippen molar-refractivity contribution in [3.8, 4) is 16.9 Å². The molecular formula is C29H31F3N2O2. The minimum atomic E-state index is -4.40. The molecule has 0 saturated carbocycles. The Morgan fingerprint density at radius 3 is 2.28 bits per heavy atom. The van der Waals surface area contributed by atoms with E-state index in [-0.39, 0.29) is 5.91 Å². The van der Waals surface area contributed by atoms with Crippen LogP contribution in [0.4, 0.5) is 18.9 Å². The Balaban J connectivity index is 1.47. The van der Waals surface area contributed by atoms with Gasteiger partial charge in [-0.05, 0) is 105 Å². The van der Waals surface area contributed by atoms with Crippen LogP contribution in [0.2, 0.25) is 0 Å². The van der Waals surface area contributed by atoms with E-state index in [2.05, 4.69) is 24.1 Å². The van der Waals surface area contributed by atoms with Gasteiger partial charge in [0.1, 0.15) is 5.75 Å². The SMILES string of the molecule is COc1ccc(NC(=O)c2ccc(-c3cccc(C(F)(F)F)c3)cc2)cc1C1CCN(C(C)C)CC1. The summed E-state index contributed by atoms with van der Waals surface area (Å²) in [6.45, 7) is 6.48. The molecule has 4 nitrogen and oxygen atoms in total. The summed E-state index contributed by atoms with van der Waals surface area (Å²) in [5.74, 6) is 0.899. The highest BCUT2D eigenvalue weighted by molar-refractivity contribution is 6.04. The predicted molar refractivity (Wildman–Crippen MR) is 137 cm³/mol. The topological polar surface area (TPSA) is 41.6 Å². The fourth-order valence-electron chi connectivity index (χ4n) is 4.75. The number of anilines is 1. The van der Waals surface area contributed by atoms with E-state index in [4.69, 9.17) is 4.74 Å². The summed E-state index contributed by atoms with van der Waals surface area (Å²) >= 11 is 0. The standard InChI is InChI=1S/C29H31F3N2O2/c1-19(2)34-15-13-21(14-16-34)26-18-25(11-12-27(26)36-3)33-28(35)22-9-7-20(8-10-22)23-5-4-6-24(17-23)29(30,31)32/h4-12,17-19,21H,13-16H2,1-3H3,(H,33,35). The molecule has 36 heavy (non-hydrogen) atoms. The van der Waals surface area contributed by atoms with Crippen LogP contribution in [0.25, 0.3) is 11.1 Å². The van der Waals surface area contributed by atoms with Crippen molar-refractivity contribution in [2.24, 2.45) is 0 Å². The third-order valence-corrected chi connectivity index (χ3v) is 6.86. The summed E-state index contributed by atoms with van der Waals surface area (Å²) in [5.41, 5.74) is 2.56. The molecule has 0 aliphatic carbocycles. The highest BCUT2D eigenvalue weighted by Gasteiger charge is 2.30. The average molecular weight is 497 g/mol. The molecule has 1 fully saturated rings. The molecule has 190 valence electrons.